The minimum absolute atomic E-state index is 0.0106. The Bertz CT molecular complexity index is 1680. The van der Waals surface area contributed by atoms with E-state index < -0.39 is 45.9 Å². The Labute approximate surface area is 206 Å². The molecule has 0 aliphatic carbocycles. The van der Waals surface area contributed by atoms with Crippen molar-refractivity contribution in [2.45, 2.75) is 23.1 Å². The fourth-order valence-electron chi connectivity index (χ4n) is 3.33. The highest BCUT2D eigenvalue weighted by Crippen LogP contribution is 2.37. The molecule has 0 atom stereocenters. The van der Waals surface area contributed by atoms with E-state index in [2.05, 4.69) is 10.2 Å². The molecule has 0 bridgehead atoms. The van der Waals surface area contributed by atoms with Crippen LogP contribution in [0.25, 0.3) is 10.8 Å². The van der Waals surface area contributed by atoms with Gasteiger partial charge in [-0.1, -0.05) is 18.2 Å². The van der Waals surface area contributed by atoms with Crippen LogP contribution in [0, 0.1) is 6.92 Å². The quantitative estimate of drug-likeness (QED) is 0.129. The summed E-state index contributed by atoms with van der Waals surface area (Å²) in [5, 5.41) is 7.55. The summed E-state index contributed by atoms with van der Waals surface area (Å²) in [6, 6.07) is 8.70. The summed E-state index contributed by atoms with van der Waals surface area (Å²) in [6.45, 7) is 1.55. The Morgan fingerprint density at radius 3 is 2.14 bits per heavy atom. The number of azo groups is 1. The van der Waals surface area contributed by atoms with Crippen LogP contribution in [0.4, 0.5) is 17.1 Å². The molecule has 0 amide bonds. The van der Waals surface area contributed by atoms with Crippen molar-refractivity contribution < 1.29 is 43.6 Å². The Morgan fingerprint density at radius 2 is 1.53 bits per heavy atom. The molecule has 3 aromatic rings. The number of rotatable bonds is 9. The Balaban J connectivity index is 2.04. The normalized spacial score (nSPS) is 12.9. The average Bonchev–Trinajstić information content (AvgIpc) is 2.74. The monoisotopic (exact) mass is 559 g/mol. The van der Waals surface area contributed by atoms with Crippen LogP contribution in [0.1, 0.15) is 12.0 Å². The summed E-state index contributed by atoms with van der Waals surface area (Å²) in [7, 11) is -13.8. The summed E-state index contributed by atoms with van der Waals surface area (Å²) in [5.41, 5.74) is 6.52. The van der Waals surface area contributed by atoms with E-state index in [1.807, 2.05) is 0 Å². The van der Waals surface area contributed by atoms with Crippen molar-refractivity contribution >= 4 is 58.2 Å². The summed E-state index contributed by atoms with van der Waals surface area (Å²) in [4.78, 5) is -1.28. The molecule has 0 aliphatic heterocycles. The lowest BCUT2D eigenvalue weighted by Gasteiger charge is -2.11. The number of anilines is 1. The standard InChI is InChI=1S/C20H21N3O10S3/c1-12-10-15(21)18(33-8-3-9-34(24,25)26)11-17(12)23-22-16-7-6-13-14(20(16)36(30,31)32)4-2-5-19(13)35(27,28)29/h2,4-7,10-11H,3,8-9,21H2,1H3,(H,24,25,26)(H,27,28,29)(H,30,31,32). The van der Waals surface area contributed by atoms with Crippen LogP contribution in [0.2, 0.25) is 0 Å². The molecule has 36 heavy (non-hydrogen) atoms. The number of nitrogen functional groups attached to an aromatic ring is 1. The van der Waals surface area contributed by atoms with E-state index in [0.717, 1.165) is 12.1 Å². The molecule has 0 saturated heterocycles. The highest BCUT2D eigenvalue weighted by atomic mass is 32.2. The van der Waals surface area contributed by atoms with E-state index in [1.54, 1.807) is 6.92 Å². The molecule has 3 aromatic carbocycles. The van der Waals surface area contributed by atoms with Crippen LogP contribution in [-0.4, -0.2) is 51.3 Å². The summed E-state index contributed by atoms with van der Waals surface area (Å²) in [6.07, 6.45) is -0.0106. The fourth-order valence-corrected chi connectivity index (χ4v) is 5.35. The highest BCUT2D eigenvalue weighted by molar-refractivity contribution is 7.86. The van der Waals surface area contributed by atoms with Gasteiger partial charge in [-0.05, 0) is 37.1 Å². The van der Waals surface area contributed by atoms with Crippen molar-refractivity contribution in [2.24, 2.45) is 10.2 Å². The van der Waals surface area contributed by atoms with Crippen LogP contribution in [-0.2, 0) is 30.4 Å². The van der Waals surface area contributed by atoms with Crippen LogP contribution < -0.4 is 10.5 Å². The molecule has 16 heteroatoms. The van der Waals surface area contributed by atoms with Gasteiger partial charge in [0, 0.05) is 16.8 Å². The first-order chi connectivity index (χ1) is 16.6. The molecule has 0 heterocycles. The molecule has 5 N–H and O–H groups in total. The molecule has 3 rings (SSSR count). The number of nitrogens with two attached hydrogens (primary N) is 1. The molecule has 194 valence electrons. The molecule has 0 aromatic heterocycles. The first kappa shape index (κ1) is 27.4. The number of nitrogens with zero attached hydrogens (tertiary/aromatic N) is 2. The first-order valence-corrected chi connectivity index (χ1v) is 14.5. The third-order valence-electron chi connectivity index (χ3n) is 4.89. The van der Waals surface area contributed by atoms with Gasteiger partial charge in [0.05, 0.1) is 23.7 Å². The molecule has 0 radical (unpaired) electrons. The lowest BCUT2D eigenvalue weighted by atomic mass is 10.1. The van der Waals surface area contributed by atoms with E-state index in [0.29, 0.717) is 5.56 Å². The number of hydrogen-bond acceptors (Lipinski definition) is 10. The summed E-state index contributed by atoms with van der Waals surface area (Å²) < 4.78 is 103. The van der Waals surface area contributed by atoms with Gasteiger partial charge >= 0.3 is 0 Å². The van der Waals surface area contributed by atoms with E-state index in [-0.39, 0.29) is 46.6 Å². The highest BCUT2D eigenvalue weighted by Gasteiger charge is 2.23. The van der Waals surface area contributed by atoms with Crippen LogP contribution in [0.5, 0.6) is 5.75 Å². The molecule has 0 aliphatic rings. The Kier molecular flexibility index (Phi) is 7.68. The van der Waals surface area contributed by atoms with Crippen molar-refractivity contribution in [2.75, 3.05) is 18.1 Å². The summed E-state index contributed by atoms with van der Waals surface area (Å²) >= 11 is 0. The van der Waals surface area contributed by atoms with Gasteiger partial charge in [0.15, 0.2) is 0 Å². The van der Waals surface area contributed by atoms with Gasteiger partial charge in [0.1, 0.15) is 21.2 Å². The maximum Gasteiger partial charge on any atom is 0.297 e. The number of fused-ring (bicyclic) bond motifs is 1. The van der Waals surface area contributed by atoms with E-state index in [9.17, 15) is 34.4 Å². The molecule has 0 fully saturated rings. The van der Waals surface area contributed by atoms with Gasteiger partial charge in [-0.15, -0.1) is 5.11 Å². The second-order valence-corrected chi connectivity index (χ2v) is 11.9. The van der Waals surface area contributed by atoms with Crippen molar-refractivity contribution in [3.8, 4) is 5.75 Å². The minimum atomic E-state index is -4.92. The molecule has 0 spiro atoms. The van der Waals surface area contributed by atoms with Crippen LogP contribution >= 0.6 is 0 Å². The average molecular weight is 560 g/mol. The maximum atomic E-state index is 12.2. The SMILES string of the molecule is Cc1cc(N)c(OCCCS(=O)(=O)O)cc1N=Nc1ccc2c(S(=O)(=O)O)cccc2c1S(=O)(=O)O. The second kappa shape index (κ2) is 10.1. The smallest absolute Gasteiger partial charge is 0.297 e. The second-order valence-electron chi connectivity index (χ2n) is 7.58. The molecular weight excluding hydrogens is 538 g/mol. The molecule has 0 saturated carbocycles. The van der Waals surface area contributed by atoms with Crippen molar-refractivity contribution in [3.63, 3.8) is 0 Å². The van der Waals surface area contributed by atoms with Crippen LogP contribution in [0.3, 0.4) is 0 Å². The van der Waals surface area contributed by atoms with Gasteiger partial charge in [0.2, 0.25) is 0 Å². The summed E-state index contributed by atoms with van der Waals surface area (Å²) in [5.74, 6) is -0.374. The predicted molar refractivity (Wildman–Crippen MR) is 130 cm³/mol. The fraction of sp³-hybridized carbons (Fsp3) is 0.200. The zero-order chi connectivity index (χ0) is 26.9. The van der Waals surface area contributed by atoms with Crippen molar-refractivity contribution in [1.82, 2.24) is 0 Å². The number of benzene rings is 3. The Morgan fingerprint density at radius 1 is 0.861 bits per heavy atom. The lowest BCUT2D eigenvalue weighted by Crippen LogP contribution is -2.09. The van der Waals surface area contributed by atoms with Gasteiger partial charge < -0.3 is 10.5 Å². The van der Waals surface area contributed by atoms with Crippen molar-refractivity contribution in [1.29, 1.82) is 0 Å². The van der Waals surface area contributed by atoms with E-state index in [4.69, 9.17) is 15.0 Å². The Hall–Kier alpha value is -3.15. The van der Waals surface area contributed by atoms with E-state index in [1.165, 1.54) is 30.3 Å². The number of hydrogen-bond donors (Lipinski definition) is 4. The molecule has 0 unspecified atom stereocenters. The van der Waals surface area contributed by atoms with Gasteiger partial charge in [-0.2, -0.15) is 30.4 Å². The van der Waals surface area contributed by atoms with Gasteiger partial charge in [-0.3, -0.25) is 13.7 Å². The van der Waals surface area contributed by atoms with Crippen LogP contribution in [0.15, 0.2) is 62.5 Å². The topological polar surface area (TPSA) is 223 Å². The minimum Gasteiger partial charge on any atom is -0.491 e. The third kappa shape index (κ3) is 6.54. The maximum absolute atomic E-state index is 12.2. The first-order valence-electron chi connectivity index (χ1n) is 9.98. The molecule has 13 nitrogen and oxygen atoms in total. The largest absolute Gasteiger partial charge is 0.491 e. The van der Waals surface area contributed by atoms with E-state index >= 15 is 0 Å². The van der Waals surface area contributed by atoms with Gasteiger partial charge in [-0.25, -0.2) is 0 Å². The number of aryl methyl sites for hydroxylation is 1. The number of ether oxygens (including phenoxy) is 1. The van der Waals surface area contributed by atoms with Gasteiger partial charge in [0.25, 0.3) is 30.4 Å². The predicted octanol–water partition coefficient (Wildman–Crippen LogP) is 3.30. The van der Waals surface area contributed by atoms with Crippen molar-refractivity contribution in [3.05, 3.63) is 48.0 Å². The lowest BCUT2D eigenvalue weighted by molar-refractivity contribution is 0.318. The zero-order valence-electron chi connectivity index (χ0n) is 18.6. The zero-order valence-corrected chi connectivity index (χ0v) is 21.0. The third-order valence-corrected chi connectivity index (χ3v) is 7.55. The molecular formula is C20H21N3O10S3.